The Kier molecular flexibility index (Phi) is 4.03. The Morgan fingerprint density at radius 3 is 2.69 bits per heavy atom. The Labute approximate surface area is 110 Å². The topological polar surface area (TPSA) is 17.1 Å². The quantitative estimate of drug-likeness (QED) is 0.784. The molecule has 0 aliphatic carbocycles. The zero-order valence-corrected chi connectivity index (χ0v) is 12.5. The second-order valence-electron chi connectivity index (χ2n) is 4.10. The molecule has 1 aromatic rings. The highest BCUT2D eigenvalue weighted by Crippen LogP contribution is 2.62. The Morgan fingerprint density at radius 1 is 1.44 bits per heavy atom. The number of thioether (sulfide) groups is 1. The number of carbonyl (C=O) groups excluding carboxylic acids is 1. The molecule has 1 aromatic carbocycles. The third-order valence-electron chi connectivity index (χ3n) is 2.65. The van der Waals surface area contributed by atoms with Gasteiger partial charge in [0.05, 0.1) is 5.75 Å². The van der Waals surface area contributed by atoms with Crippen LogP contribution < -0.4 is 0 Å². The van der Waals surface area contributed by atoms with Crippen molar-refractivity contribution in [3.8, 4) is 0 Å². The van der Waals surface area contributed by atoms with Crippen LogP contribution in [-0.2, 0) is 0 Å². The normalized spacial score (nSPS) is 28.6. The van der Waals surface area contributed by atoms with Crippen molar-refractivity contribution in [2.24, 2.45) is 0 Å². The van der Waals surface area contributed by atoms with E-state index in [4.69, 9.17) is 0 Å². The summed E-state index contributed by atoms with van der Waals surface area (Å²) in [6, 6.07) is 7.89. The van der Waals surface area contributed by atoms with Crippen molar-refractivity contribution in [1.29, 1.82) is 0 Å². The van der Waals surface area contributed by atoms with Gasteiger partial charge in [-0.05, 0) is 27.5 Å². The average Bonchev–Trinajstić information content (AvgIpc) is 2.65. The lowest BCUT2D eigenvalue weighted by atomic mass is 10.1. The molecular formula is C12H15BrOS2. The lowest BCUT2D eigenvalue weighted by Crippen LogP contribution is -2.11. The van der Waals surface area contributed by atoms with Crippen molar-refractivity contribution in [3.63, 3.8) is 0 Å². The molecule has 0 amide bonds. The summed E-state index contributed by atoms with van der Waals surface area (Å²) in [6.07, 6.45) is 0. The van der Waals surface area contributed by atoms with Crippen LogP contribution in [0.4, 0.5) is 0 Å². The number of halogens is 1. The molecule has 0 N–H and O–H groups in total. The van der Waals surface area contributed by atoms with Gasteiger partial charge >= 0.3 is 0 Å². The van der Waals surface area contributed by atoms with Crippen LogP contribution in [0, 0.1) is 6.92 Å². The van der Waals surface area contributed by atoms with E-state index in [2.05, 4.69) is 14.8 Å². The van der Waals surface area contributed by atoms with Crippen LogP contribution in [0.2, 0.25) is 0 Å². The SMILES string of the molecule is Cc1ccc(C(=O)CS2(Br)CCSC2)cc1. The third kappa shape index (κ3) is 3.05. The van der Waals surface area contributed by atoms with Gasteiger partial charge < -0.3 is 0 Å². The second kappa shape index (κ2) is 5.15. The third-order valence-corrected chi connectivity index (χ3v) is 10.8. The standard InChI is InChI=1S/C12H15BrOS2/c1-10-2-4-11(5-3-10)12(14)8-16(13)7-6-15-9-16/h2-5H,6-9H2,1H3. The van der Waals surface area contributed by atoms with Gasteiger partial charge in [0, 0.05) is 16.4 Å². The van der Waals surface area contributed by atoms with E-state index in [1.54, 1.807) is 0 Å². The van der Waals surface area contributed by atoms with E-state index >= 15 is 0 Å². The van der Waals surface area contributed by atoms with E-state index in [9.17, 15) is 4.79 Å². The van der Waals surface area contributed by atoms with E-state index in [1.165, 1.54) is 17.1 Å². The van der Waals surface area contributed by atoms with E-state index < -0.39 is 8.46 Å². The minimum atomic E-state index is -0.835. The van der Waals surface area contributed by atoms with Crippen LogP contribution in [0.15, 0.2) is 24.3 Å². The first-order valence-electron chi connectivity index (χ1n) is 5.23. The second-order valence-corrected chi connectivity index (χ2v) is 12.6. The zero-order valence-electron chi connectivity index (χ0n) is 9.24. The predicted octanol–water partition coefficient (Wildman–Crippen LogP) is 4.00. The van der Waals surface area contributed by atoms with Gasteiger partial charge in [-0.2, -0.15) is 20.2 Å². The molecule has 16 heavy (non-hydrogen) atoms. The van der Waals surface area contributed by atoms with Crippen molar-refractivity contribution >= 4 is 40.8 Å². The van der Waals surface area contributed by atoms with Crippen molar-refractivity contribution in [1.82, 2.24) is 0 Å². The number of benzene rings is 1. The summed E-state index contributed by atoms with van der Waals surface area (Å²) in [6.45, 7) is 2.04. The summed E-state index contributed by atoms with van der Waals surface area (Å²) >= 11 is 5.76. The van der Waals surface area contributed by atoms with E-state index in [1.807, 2.05) is 43.0 Å². The summed E-state index contributed by atoms with van der Waals surface area (Å²) in [4.78, 5) is 12.1. The first-order chi connectivity index (χ1) is 7.59. The Balaban J connectivity index is 2.05. The number of Topliss-reactive ketones (excluding diaryl/α,β-unsaturated/α-hetero) is 1. The lowest BCUT2D eigenvalue weighted by molar-refractivity contribution is 0.102. The zero-order chi connectivity index (χ0) is 11.6. The fraction of sp³-hybridized carbons (Fsp3) is 0.417. The van der Waals surface area contributed by atoms with Gasteiger partial charge in [-0.3, -0.25) is 4.79 Å². The van der Waals surface area contributed by atoms with Crippen LogP contribution in [0.1, 0.15) is 15.9 Å². The summed E-state index contributed by atoms with van der Waals surface area (Å²) in [7, 11) is -0.835. The smallest absolute Gasteiger partial charge is 0.172 e. The summed E-state index contributed by atoms with van der Waals surface area (Å²) < 4.78 is 0. The number of ketones is 1. The lowest BCUT2D eigenvalue weighted by Gasteiger charge is -2.25. The number of hydrogen-bond donors (Lipinski definition) is 0. The van der Waals surface area contributed by atoms with Crippen LogP contribution in [-0.4, -0.2) is 28.1 Å². The Bertz CT molecular complexity index is 383. The van der Waals surface area contributed by atoms with E-state index in [0.29, 0.717) is 5.75 Å². The molecule has 1 aliphatic heterocycles. The first-order valence-corrected chi connectivity index (χ1v) is 10.4. The minimum absolute atomic E-state index is 0.286. The molecule has 4 heteroatoms. The molecule has 88 valence electrons. The first kappa shape index (κ1) is 12.5. The highest BCUT2D eigenvalue weighted by Gasteiger charge is 2.28. The van der Waals surface area contributed by atoms with Crippen LogP contribution in [0.5, 0.6) is 0 Å². The molecule has 1 fully saturated rings. The van der Waals surface area contributed by atoms with Crippen LogP contribution >= 0.6 is 35.0 Å². The maximum Gasteiger partial charge on any atom is 0.172 e. The van der Waals surface area contributed by atoms with Gasteiger partial charge in [0.1, 0.15) is 0 Å². The Hall–Kier alpha value is 0.0700. The molecule has 1 nitrogen and oxygen atoms in total. The molecule has 1 unspecified atom stereocenters. The molecule has 0 saturated carbocycles. The number of carbonyl (C=O) groups is 1. The van der Waals surface area contributed by atoms with Gasteiger partial charge in [-0.1, -0.05) is 29.8 Å². The van der Waals surface area contributed by atoms with E-state index in [-0.39, 0.29) is 5.78 Å². The predicted molar refractivity (Wildman–Crippen MR) is 79.1 cm³/mol. The number of hydrogen-bond acceptors (Lipinski definition) is 2. The van der Waals surface area contributed by atoms with E-state index in [0.717, 1.165) is 10.6 Å². The Morgan fingerprint density at radius 2 is 2.12 bits per heavy atom. The fourth-order valence-corrected chi connectivity index (χ4v) is 9.57. The summed E-state index contributed by atoms with van der Waals surface area (Å²) in [5.74, 6) is 3.36. The van der Waals surface area contributed by atoms with Gasteiger partial charge in [0.2, 0.25) is 0 Å². The highest BCUT2D eigenvalue weighted by atomic mass is 79.9. The van der Waals surface area contributed by atoms with Crippen LogP contribution in [0.3, 0.4) is 0 Å². The highest BCUT2D eigenvalue weighted by molar-refractivity contribution is 9.58. The number of aryl methyl sites for hydroxylation is 1. The molecule has 1 aliphatic rings. The van der Waals surface area contributed by atoms with Gasteiger partial charge in [0.15, 0.2) is 5.78 Å². The summed E-state index contributed by atoms with van der Waals surface area (Å²) in [5.41, 5.74) is 2.06. The molecule has 2 rings (SSSR count). The molecule has 0 spiro atoms. The van der Waals surface area contributed by atoms with Crippen molar-refractivity contribution in [3.05, 3.63) is 35.4 Å². The molecular weight excluding hydrogens is 304 g/mol. The molecule has 1 heterocycles. The summed E-state index contributed by atoms with van der Waals surface area (Å²) in [5, 5.41) is 1.13. The maximum atomic E-state index is 12.1. The van der Waals surface area contributed by atoms with Crippen LogP contribution in [0.25, 0.3) is 0 Å². The molecule has 1 atom stereocenters. The van der Waals surface area contributed by atoms with Crippen molar-refractivity contribution < 1.29 is 4.79 Å². The molecule has 0 radical (unpaired) electrons. The van der Waals surface area contributed by atoms with Crippen molar-refractivity contribution in [2.45, 2.75) is 6.92 Å². The van der Waals surface area contributed by atoms with Crippen molar-refractivity contribution in [2.75, 3.05) is 22.3 Å². The number of rotatable bonds is 3. The average molecular weight is 319 g/mol. The van der Waals surface area contributed by atoms with Gasteiger partial charge in [-0.15, -0.1) is 0 Å². The molecule has 0 aromatic heterocycles. The largest absolute Gasteiger partial charge is 0.293 e. The monoisotopic (exact) mass is 318 g/mol. The molecule has 1 saturated heterocycles. The maximum absolute atomic E-state index is 12.1. The van der Waals surface area contributed by atoms with Gasteiger partial charge in [0.25, 0.3) is 0 Å². The fourth-order valence-electron chi connectivity index (χ4n) is 1.65. The molecule has 0 bridgehead atoms. The minimum Gasteiger partial charge on any atom is -0.293 e. The van der Waals surface area contributed by atoms with Gasteiger partial charge in [-0.25, -0.2) is 0 Å².